The van der Waals surface area contributed by atoms with Gasteiger partial charge in [0.2, 0.25) is 17.8 Å². The van der Waals surface area contributed by atoms with Crippen molar-refractivity contribution in [3.63, 3.8) is 0 Å². The Balaban J connectivity index is 1.59. The fourth-order valence-corrected chi connectivity index (χ4v) is 5.07. The van der Waals surface area contributed by atoms with Gasteiger partial charge in [0.1, 0.15) is 0 Å². The van der Waals surface area contributed by atoms with Crippen LogP contribution in [0.5, 0.6) is 0 Å². The second-order valence-corrected chi connectivity index (χ2v) is 8.53. The van der Waals surface area contributed by atoms with E-state index in [-0.39, 0.29) is 0 Å². The van der Waals surface area contributed by atoms with Gasteiger partial charge in [0.15, 0.2) is 0 Å². The normalized spacial score (nSPS) is 11.7. The maximum absolute atomic E-state index is 5.06. The number of nitrogens with zero attached hydrogens (tertiary/aromatic N) is 5. The van der Waals surface area contributed by atoms with Gasteiger partial charge in [-0.1, -0.05) is 72.8 Å². The zero-order chi connectivity index (χ0) is 23.4. The van der Waals surface area contributed by atoms with Crippen molar-refractivity contribution in [2.45, 2.75) is 6.92 Å². The van der Waals surface area contributed by atoms with Crippen LogP contribution in [-0.4, -0.2) is 30.6 Å². The van der Waals surface area contributed by atoms with E-state index in [4.69, 9.17) is 15.0 Å². The minimum atomic E-state index is 0.552. The number of aromatic nitrogens is 5. The fraction of sp³-hybridized carbons (Fsp3) is 0.0690. The smallest absolute Gasteiger partial charge is 0.241 e. The number of hydrogen-bond donors (Lipinski definition) is 1. The molecule has 6 nitrogen and oxygen atoms in total. The van der Waals surface area contributed by atoms with Crippen LogP contribution < -0.4 is 5.32 Å². The highest BCUT2D eigenvalue weighted by atomic mass is 15.3. The van der Waals surface area contributed by atoms with Crippen LogP contribution in [0.2, 0.25) is 0 Å². The summed E-state index contributed by atoms with van der Waals surface area (Å²) in [6.07, 6.45) is 0. The summed E-state index contributed by atoms with van der Waals surface area (Å²) in [4.78, 5) is 14.8. The van der Waals surface area contributed by atoms with Crippen molar-refractivity contribution in [1.29, 1.82) is 0 Å². The Morgan fingerprint density at radius 1 is 0.514 bits per heavy atom. The highest BCUT2D eigenvalue weighted by molar-refractivity contribution is 6.10. The average molecular weight is 455 g/mol. The van der Waals surface area contributed by atoms with E-state index in [0.717, 1.165) is 22.1 Å². The summed E-state index contributed by atoms with van der Waals surface area (Å²) in [5, 5.41) is 8.01. The van der Waals surface area contributed by atoms with E-state index < -0.39 is 0 Å². The van der Waals surface area contributed by atoms with Gasteiger partial charge in [-0.15, -0.1) is 0 Å². The molecule has 0 radical (unpaired) electrons. The summed E-state index contributed by atoms with van der Waals surface area (Å²) in [5.74, 6) is 1.73. The molecule has 1 N–H and O–H groups in total. The van der Waals surface area contributed by atoms with E-state index in [1.54, 1.807) is 0 Å². The molecule has 0 saturated heterocycles. The summed E-state index contributed by atoms with van der Waals surface area (Å²) < 4.78 is 4.26. The zero-order valence-electron chi connectivity index (χ0n) is 19.2. The Labute approximate surface area is 201 Å². The van der Waals surface area contributed by atoms with Crippen LogP contribution in [-0.2, 0) is 0 Å². The molecule has 0 saturated carbocycles. The predicted octanol–water partition coefficient (Wildman–Crippen LogP) is 6.50. The molecule has 0 aliphatic heterocycles. The number of benzene rings is 4. The number of anilines is 1. The molecule has 0 atom stereocenters. The van der Waals surface area contributed by atoms with Crippen LogP contribution in [0.15, 0.2) is 97.1 Å². The number of fused-ring (bicyclic) bond motifs is 6. The first kappa shape index (κ1) is 19.7. The van der Waals surface area contributed by atoms with Gasteiger partial charge in [-0.05, 0) is 31.2 Å². The maximum Gasteiger partial charge on any atom is 0.241 e. The van der Waals surface area contributed by atoms with Gasteiger partial charge >= 0.3 is 0 Å². The summed E-state index contributed by atoms with van der Waals surface area (Å²) >= 11 is 0. The van der Waals surface area contributed by atoms with Crippen LogP contribution in [0, 0.1) is 0 Å². The molecule has 3 aromatic heterocycles. The van der Waals surface area contributed by atoms with Gasteiger partial charge in [0.05, 0.1) is 22.1 Å². The molecule has 0 aliphatic rings. The van der Waals surface area contributed by atoms with Crippen molar-refractivity contribution < 1.29 is 0 Å². The van der Waals surface area contributed by atoms with Gasteiger partial charge in [-0.3, -0.25) is 9.13 Å². The summed E-state index contributed by atoms with van der Waals surface area (Å²) in [6, 6.07) is 33.6. The van der Waals surface area contributed by atoms with Crippen molar-refractivity contribution in [1.82, 2.24) is 24.1 Å². The van der Waals surface area contributed by atoms with Gasteiger partial charge < -0.3 is 5.32 Å². The molecule has 3 heterocycles. The zero-order valence-corrected chi connectivity index (χ0v) is 19.2. The molecule has 0 spiro atoms. The topological polar surface area (TPSA) is 60.6 Å². The molecule has 7 rings (SSSR count). The van der Waals surface area contributed by atoms with Gasteiger partial charge in [-0.25, -0.2) is 0 Å². The van der Waals surface area contributed by atoms with E-state index >= 15 is 0 Å². The van der Waals surface area contributed by atoms with E-state index in [2.05, 4.69) is 112 Å². The highest BCUT2D eigenvalue weighted by Gasteiger charge is 2.19. The van der Waals surface area contributed by atoms with Crippen LogP contribution in [0.4, 0.5) is 5.95 Å². The molecular formula is C29H22N6. The van der Waals surface area contributed by atoms with Gasteiger partial charge in [-0.2, -0.15) is 15.0 Å². The van der Waals surface area contributed by atoms with Crippen LogP contribution >= 0.6 is 0 Å². The minimum Gasteiger partial charge on any atom is -0.354 e. The Kier molecular flexibility index (Phi) is 4.32. The lowest BCUT2D eigenvalue weighted by atomic mass is 10.2. The molecule has 7 aromatic rings. The predicted molar refractivity (Wildman–Crippen MR) is 143 cm³/mol. The lowest BCUT2D eigenvalue weighted by molar-refractivity contribution is 0.884. The van der Waals surface area contributed by atoms with Crippen molar-refractivity contribution >= 4 is 49.6 Å². The maximum atomic E-state index is 5.06. The molecule has 0 aliphatic carbocycles. The minimum absolute atomic E-state index is 0.552. The first-order chi connectivity index (χ1) is 17.3. The third-order valence-corrected chi connectivity index (χ3v) is 6.51. The monoisotopic (exact) mass is 454 g/mol. The van der Waals surface area contributed by atoms with E-state index in [0.29, 0.717) is 24.4 Å². The molecule has 0 fully saturated rings. The van der Waals surface area contributed by atoms with Crippen molar-refractivity contribution in [2.24, 2.45) is 0 Å². The Morgan fingerprint density at radius 3 is 1.20 bits per heavy atom. The Bertz CT molecular complexity index is 1640. The van der Waals surface area contributed by atoms with E-state index in [1.165, 1.54) is 21.5 Å². The lowest BCUT2D eigenvalue weighted by Crippen LogP contribution is -2.12. The molecule has 35 heavy (non-hydrogen) atoms. The molecule has 0 unspecified atom stereocenters. The number of para-hydroxylation sites is 4. The molecule has 0 bridgehead atoms. The van der Waals surface area contributed by atoms with Gasteiger partial charge in [0, 0.05) is 28.1 Å². The quantitative estimate of drug-likeness (QED) is 0.330. The number of hydrogen-bond acceptors (Lipinski definition) is 4. The van der Waals surface area contributed by atoms with Gasteiger partial charge in [0.25, 0.3) is 0 Å². The molecule has 4 aromatic carbocycles. The largest absolute Gasteiger partial charge is 0.354 e. The first-order valence-electron chi connectivity index (χ1n) is 11.8. The van der Waals surface area contributed by atoms with Crippen molar-refractivity contribution in [3.8, 4) is 11.9 Å². The second-order valence-electron chi connectivity index (χ2n) is 8.53. The summed E-state index contributed by atoms with van der Waals surface area (Å²) in [6.45, 7) is 2.76. The van der Waals surface area contributed by atoms with E-state index in [1.807, 2.05) is 6.92 Å². The average Bonchev–Trinajstić information content (AvgIpc) is 3.42. The highest BCUT2D eigenvalue weighted by Crippen LogP contribution is 2.33. The molecule has 168 valence electrons. The molecule has 0 amide bonds. The molecular weight excluding hydrogens is 432 g/mol. The van der Waals surface area contributed by atoms with Crippen molar-refractivity contribution in [2.75, 3.05) is 11.9 Å². The summed E-state index contributed by atoms with van der Waals surface area (Å²) in [7, 11) is 0. The second kappa shape index (κ2) is 7.67. The first-order valence-corrected chi connectivity index (χ1v) is 11.8. The van der Waals surface area contributed by atoms with Crippen LogP contribution in [0.25, 0.3) is 55.5 Å². The Hall–Kier alpha value is -4.71. The Morgan fingerprint density at radius 2 is 0.857 bits per heavy atom. The standard InChI is InChI=1S/C29H22N6/c1-2-30-27-31-28(34-23-15-7-3-11-19(23)20-12-4-8-16-24(20)34)33-29(32-27)35-25-17-9-5-13-21(25)22-14-6-10-18-26(22)35/h3-18H,2H2,1H3,(H,30,31,32,33). The fourth-order valence-electron chi connectivity index (χ4n) is 5.07. The lowest BCUT2D eigenvalue weighted by Gasteiger charge is -2.12. The number of nitrogens with one attached hydrogen (secondary N) is 1. The molecule has 6 heteroatoms. The number of rotatable bonds is 4. The summed E-state index contributed by atoms with van der Waals surface area (Å²) in [5.41, 5.74) is 4.26. The third kappa shape index (κ3) is 2.93. The SMILES string of the molecule is CCNc1nc(-n2c3ccccc3c3ccccc32)nc(-n2c3ccccc3c3ccccc32)n1. The van der Waals surface area contributed by atoms with E-state index in [9.17, 15) is 0 Å². The van der Waals surface area contributed by atoms with Crippen molar-refractivity contribution in [3.05, 3.63) is 97.1 Å². The van der Waals surface area contributed by atoms with Crippen LogP contribution in [0.3, 0.4) is 0 Å². The third-order valence-electron chi connectivity index (χ3n) is 6.51. The van der Waals surface area contributed by atoms with Crippen LogP contribution in [0.1, 0.15) is 6.92 Å².